The van der Waals surface area contributed by atoms with Crippen LogP contribution in [0.15, 0.2) is 66.3 Å². The molecule has 2 amide bonds. The number of amides is 2. The summed E-state index contributed by atoms with van der Waals surface area (Å²) in [6, 6.07) is 14.3. The van der Waals surface area contributed by atoms with Crippen LogP contribution in [-0.2, 0) is 0 Å². The fraction of sp³-hybridized carbons (Fsp3) is 0. The SMILES string of the molecule is O=C(Nc1cccc(-c2cn3ccsc3n2)c1)Nc1ccccc1Cl. The number of carbonyl (C=O) groups is 1. The largest absolute Gasteiger partial charge is 0.323 e. The maximum atomic E-state index is 12.2. The van der Waals surface area contributed by atoms with Crippen molar-refractivity contribution in [2.45, 2.75) is 0 Å². The number of rotatable bonds is 3. The summed E-state index contributed by atoms with van der Waals surface area (Å²) in [7, 11) is 0. The lowest BCUT2D eigenvalue weighted by Crippen LogP contribution is -2.19. The van der Waals surface area contributed by atoms with Crippen molar-refractivity contribution in [1.82, 2.24) is 9.38 Å². The molecule has 0 aliphatic rings. The summed E-state index contributed by atoms with van der Waals surface area (Å²) in [6.45, 7) is 0. The van der Waals surface area contributed by atoms with Crippen LogP contribution in [0.3, 0.4) is 0 Å². The van der Waals surface area contributed by atoms with Crippen LogP contribution in [0.5, 0.6) is 0 Å². The third-order valence-corrected chi connectivity index (χ3v) is 4.73. The van der Waals surface area contributed by atoms with Crippen LogP contribution in [0, 0.1) is 0 Å². The Morgan fingerprint density at radius 2 is 2.00 bits per heavy atom. The van der Waals surface area contributed by atoms with Gasteiger partial charge < -0.3 is 10.6 Å². The highest BCUT2D eigenvalue weighted by molar-refractivity contribution is 7.15. The lowest BCUT2D eigenvalue weighted by molar-refractivity contribution is 0.262. The van der Waals surface area contributed by atoms with Gasteiger partial charge in [0, 0.05) is 29.0 Å². The van der Waals surface area contributed by atoms with E-state index >= 15 is 0 Å². The summed E-state index contributed by atoms with van der Waals surface area (Å²) in [4.78, 5) is 17.7. The van der Waals surface area contributed by atoms with E-state index in [9.17, 15) is 4.79 Å². The molecule has 2 N–H and O–H groups in total. The Balaban J connectivity index is 1.52. The first kappa shape index (κ1) is 15.7. The molecular weight excluding hydrogens is 356 g/mol. The molecule has 25 heavy (non-hydrogen) atoms. The molecule has 2 aromatic carbocycles. The van der Waals surface area contributed by atoms with Gasteiger partial charge in [-0.15, -0.1) is 11.3 Å². The number of nitrogens with one attached hydrogen (secondary N) is 2. The van der Waals surface area contributed by atoms with Crippen LogP contribution in [0.1, 0.15) is 0 Å². The minimum atomic E-state index is -0.351. The molecule has 5 nitrogen and oxygen atoms in total. The van der Waals surface area contributed by atoms with Gasteiger partial charge in [-0.1, -0.05) is 35.9 Å². The van der Waals surface area contributed by atoms with Gasteiger partial charge in [0.1, 0.15) is 0 Å². The highest BCUT2D eigenvalue weighted by atomic mass is 35.5. The fourth-order valence-electron chi connectivity index (χ4n) is 2.47. The van der Waals surface area contributed by atoms with Crippen molar-refractivity contribution in [3.8, 4) is 11.3 Å². The highest BCUT2D eigenvalue weighted by Gasteiger charge is 2.08. The maximum absolute atomic E-state index is 12.2. The quantitative estimate of drug-likeness (QED) is 0.511. The van der Waals surface area contributed by atoms with E-state index in [4.69, 9.17) is 11.6 Å². The topological polar surface area (TPSA) is 58.4 Å². The molecular formula is C18H13ClN4OS. The standard InChI is InChI=1S/C18H13ClN4OS/c19-14-6-1-2-7-15(14)21-17(24)20-13-5-3-4-12(10-13)16-11-23-8-9-25-18(23)22-16/h1-11H,(H2,20,21,24). The van der Waals surface area contributed by atoms with Gasteiger partial charge in [0.15, 0.2) is 4.96 Å². The normalized spacial score (nSPS) is 10.8. The summed E-state index contributed by atoms with van der Waals surface area (Å²) in [5.74, 6) is 0. The minimum Gasteiger partial charge on any atom is -0.308 e. The molecule has 0 saturated carbocycles. The average molecular weight is 369 g/mol. The number of nitrogens with zero attached hydrogens (tertiary/aromatic N) is 2. The van der Waals surface area contributed by atoms with Gasteiger partial charge in [0.2, 0.25) is 0 Å². The second kappa shape index (κ2) is 6.58. The van der Waals surface area contributed by atoms with Crippen molar-refractivity contribution < 1.29 is 4.79 Å². The summed E-state index contributed by atoms with van der Waals surface area (Å²) in [5.41, 5.74) is 3.04. The number of halogens is 1. The van der Waals surface area contributed by atoms with Gasteiger partial charge >= 0.3 is 6.03 Å². The van der Waals surface area contributed by atoms with E-state index in [0.29, 0.717) is 16.4 Å². The fourth-order valence-corrected chi connectivity index (χ4v) is 3.35. The molecule has 0 spiro atoms. The molecule has 2 aromatic heterocycles. The van der Waals surface area contributed by atoms with Gasteiger partial charge in [0.25, 0.3) is 0 Å². The van der Waals surface area contributed by atoms with E-state index in [1.165, 1.54) is 0 Å². The van der Waals surface area contributed by atoms with Crippen molar-refractivity contribution in [2.75, 3.05) is 10.6 Å². The van der Waals surface area contributed by atoms with Gasteiger partial charge in [-0.3, -0.25) is 4.40 Å². The molecule has 7 heteroatoms. The van der Waals surface area contributed by atoms with Gasteiger partial charge in [-0.25, -0.2) is 9.78 Å². The summed E-state index contributed by atoms with van der Waals surface area (Å²) in [6.07, 6.45) is 3.93. The molecule has 4 rings (SSSR count). The third kappa shape index (κ3) is 3.35. The highest BCUT2D eigenvalue weighted by Crippen LogP contribution is 2.25. The number of hydrogen-bond donors (Lipinski definition) is 2. The monoisotopic (exact) mass is 368 g/mol. The third-order valence-electron chi connectivity index (χ3n) is 3.63. The maximum Gasteiger partial charge on any atom is 0.323 e. The van der Waals surface area contributed by atoms with Crippen LogP contribution >= 0.6 is 22.9 Å². The zero-order chi connectivity index (χ0) is 17.2. The molecule has 0 bridgehead atoms. The van der Waals surface area contributed by atoms with Crippen molar-refractivity contribution in [3.05, 3.63) is 71.3 Å². The van der Waals surface area contributed by atoms with Crippen LogP contribution in [0.25, 0.3) is 16.2 Å². The number of aromatic nitrogens is 2. The molecule has 0 aliphatic carbocycles. The lowest BCUT2D eigenvalue weighted by Gasteiger charge is -2.09. The molecule has 4 aromatic rings. The first-order chi connectivity index (χ1) is 12.2. The van der Waals surface area contributed by atoms with Gasteiger partial charge in [0.05, 0.1) is 16.4 Å². The minimum absolute atomic E-state index is 0.351. The Morgan fingerprint density at radius 1 is 1.12 bits per heavy atom. The van der Waals surface area contributed by atoms with Crippen LogP contribution in [0.4, 0.5) is 16.2 Å². The zero-order valence-electron chi connectivity index (χ0n) is 12.9. The number of benzene rings is 2. The number of urea groups is 1. The van der Waals surface area contributed by atoms with E-state index in [1.54, 1.807) is 23.5 Å². The number of para-hydroxylation sites is 1. The first-order valence-corrected chi connectivity index (χ1v) is 8.80. The zero-order valence-corrected chi connectivity index (χ0v) is 14.5. The molecule has 0 aliphatic heterocycles. The number of anilines is 2. The van der Waals surface area contributed by atoms with Crippen molar-refractivity contribution in [1.29, 1.82) is 0 Å². The predicted octanol–water partition coefficient (Wildman–Crippen LogP) is 5.36. The van der Waals surface area contributed by atoms with Crippen LogP contribution in [-0.4, -0.2) is 15.4 Å². The smallest absolute Gasteiger partial charge is 0.308 e. The van der Waals surface area contributed by atoms with E-state index < -0.39 is 0 Å². The molecule has 124 valence electrons. The van der Waals surface area contributed by atoms with Crippen LogP contribution < -0.4 is 10.6 Å². The molecule has 0 atom stereocenters. The summed E-state index contributed by atoms with van der Waals surface area (Å²) < 4.78 is 1.98. The van der Waals surface area contributed by atoms with E-state index in [0.717, 1.165) is 16.2 Å². The summed E-state index contributed by atoms with van der Waals surface area (Å²) >= 11 is 7.63. The van der Waals surface area contributed by atoms with Gasteiger partial charge in [-0.2, -0.15) is 0 Å². The van der Waals surface area contributed by atoms with E-state index in [1.807, 2.05) is 58.6 Å². The number of carbonyl (C=O) groups excluding carboxylic acids is 1. The Labute approximate surface area is 152 Å². The number of imidazole rings is 1. The molecule has 0 fully saturated rings. The molecule has 2 heterocycles. The van der Waals surface area contributed by atoms with Crippen molar-refractivity contribution in [3.63, 3.8) is 0 Å². The first-order valence-electron chi connectivity index (χ1n) is 7.54. The Morgan fingerprint density at radius 3 is 2.84 bits per heavy atom. The number of thiazole rings is 1. The average Bonchev–Trinajstić information content (AvgIpc) is 3.19. The number of fused-ring (bicyclic) bond motifs is 1. The number of hydrogen-bond acceptors (Lipinski definition) is 3. The molecule has 0 radical (unpaired) electrons. The Kier molecular flexibility index (Phi) is 4.13. The van der Waals surface area contributed by atoms with Crippen molar-refractivity contribution in [2.24, 2.45) is 0 Å². The van der Waals surface area contributed by atoms with Gasteiger partial charge in [-0.05, 0) is 24.3 Å². The Bertz CT molecular complexity index is 1030. The lowest BCUT2D eigenvalue weighted by atomic mass is 10.1. The van der Waals surface area contributed by atoms with E-state index in [2.05, 4.69) is 15.6 Å². The summed E-state index contributed by atoms with van der Waals surface area (Å²) in [5, 5.41) is 8.03. The molecule has 0 saturated heterocycles. The molecule has 0 unspecified atom stereocenters. The second-order valence-corrected chi connectivity index (χ2v) is 6.64. The van der Waals surface area contributed by atoms with E-state index in [-0.39, 0.29) is 6.03 Å². The second-order valence-electron chi connectivity index (χ2n) is 5.36. The Hall–Kier alpha value is -2.83. The van der Waals surface area contributed by atoms with Crippen molar-refractivity contribution >= 4 is 45.3 Å². The predicted molar refractivity (Wildman–Crippen MR) is 103 cm³/mol. The van der Waals surface area contributed by atoms with Crippen LogP contribution in [0.2, 0.25) is 5.02 Å².